The van der Waals surface area contributed by atoms with Crippen molar-refractivity contribution < 1.29 is 9.00 Å². The van der Waals surface area contributed by atoms with Crippen molar-refractivity contribution in [2.24, 2.45) is 0 Å². The van der Waals surface area contributed by atoms with E-state index in [4.69, 9.17) is 0 Å². The van der Waals surface area contributed by atoms with E-state index in [0.717, 1.165) is 30.3 Å². The number of nitrogens with zero attached hydrogens (tertiary/aromatic N) is 2. The summed E-state index contributed by atoms with van der Waals surface area (Å²) in [6, 6.07) is 3.69. The number of hydrogen-bond donors (Lipinski definition) is 0. The zero-order valence-corrected chi connectivity index (χ0v) is 10.7. The van der Waals surface area contributed by atoms with Gasteiger partial charge in [0.2, 0.25) is 0 Å². The van der Waals surface area contributed by atoms with Crippen LogP contribution in [0.1, 0.15) is 23.8 Å². The second-order valence-corrected chi connectivity index (χ2v) is 5.71. The van der Waals surface area contributed by atoms with Gasteiger partial charge in [0.25, 0.3) is 0 Å². The van der Waals surface area contributed by atoms with E-state index in [1.807, 2.05) is 13.0 Å². The van der Waals surface area contributed by atoms with Gasteiger partial charge in [0.15, 0.2) is 5.78 Å². The molecular weight excluding hydrogens is 236 g/mol. The van der Waals surface area contributed by atoms with E-state index >= 15 is 0 Å². The summed E-state index contributed by atoms with van der Waals surface area (Å²) >= 11 is 0. The first kappa shape index (κ1) is 12.2. The van der Waals surface area contributed by atoms with Crippen molar-refractivity contribution in [1.82, 2.24) is 4.98 Å². The summed E-state index contributed by atoms with van der Waals surface area (Å²) in [5.41, 5.74) is 1.53. The molecule has 1 aliphatic heterocycles. The highest BCUT2D eigenvalue weighted by Crippen LogP contribution is 2.15. The molecule has 0 aliphatic carbocycles. The first-order chi connectivity index (χ1) is 8.20. The number of carbonyl (C=O) groups excluding carboxylic acids is 1. The highest BCUT2D eigenvalue weighted by Gasteiger charge is 2.16. The average Bonchev–Trinajstić information content (AvgIpc) is 2.39. The standard InChI is InChI=1S/C12H16N2O2S/c1-2-12(15)11-4-3-10(9-13-11)14-5-7-17(16)8-6-14/h3-4,9H,2,5-8H2,1H3. The summed E-state index contributed by atoms with van der Waals surface area (Å²) in [7, 11) is -0.664. The van der Waals surface area contributed by atoms with Gasteiger partial charge in [-0.1, -0.05) is 6.92 Å². The Kier molecular flexibility index (Phi) is 3.89. The van der Waals surface area contributed by atoms with Gasteiger partial charge in [0.1, 0.15) is 5.69 Å². The average molecular weight is 252 g/mol. The molecule has 2 rings (SSSR count). The fourth-order valence-corrected chi connectivity index (χ4v) is 2.87. The molecule has 1 fully saturated rings. The quantitative estimate of drug-likeness (QED) is 0.760. The molecule has 0 saturated carbocycles. The van der Waals surface area contributed by atoms with Crippen LogP contribution in [0.4, 0.5) is 5.69 Å². The van der Waals surface area contributed by atoms with Crippen molar-refractivity contribution in [2.45, 2.75) is 13.3 Å². The molecule has 17 heavy (non-hydrogen) atoms. The lowest BCUT2D eigenvalue weighted by molar-refractivity contribution is 0.0983. The number of pyridine rings is 1. The molecule has 0 radical (unpaired) electrons. The molecule has 1 saturated heterocycles. The summed E-state index contributed by atoms with van der Waals surface area (Å²) in [6.45, 7) is 3.43. The molecular formula is C12H16N2O2S. The number of Topliss-reactive ketones (excluding diaryl/α,β-unsaturated/α-hetero) is 1. The monoisotopic (exact) mass is 252 g/mol. The van der Waals surface area contributed by atoms with Crippen LogP contribution >= 0.6 is 0 Å². The van der Waals surface area contributed by atoms with Crippen molar-refractivity contribution in [3.63, 3.8) is 0 Å². The molecule has 1 aliphatic rings. The Morgan fingerprint density at radius 3 is 2.65 bits per heavy atom. The third kappa shape index (κ3) is 2.91. The van der Waals surface area contributed by atoms with E-state index in [1.165, 1.54) is 0 Å². The topological polar surface area (TPSA) is 50.3 Å². The van der Waals surface area contributed by atoms with Crippen LogP contribution < -0.4 is 4.90 Å². The molecule has 0 bridgehead atoms. The number of aromatic nitrogens is 1. The van der Waals surface area contributed by atoms with Crippen LogP contribution in [-0.2, 0) is 10.8 Å². The van der Waals surface area contributed by atoms with Crippen LogP contribution in [0.2, 0.25) is 0 Å². The van der Waals surface area contributed by atoms with Crippen molar-refractivity contribution in [1.29, 1.82) is 0 Å². The van der Waals surface area contributed by atoms with Crippen molar-refractivity contribution in [2.75, 3.05) is 29.5 Å². The molecule has 0 unspecified atom stereocenters. The van der Waals surface area contributed by atoms with Gasteiger partial charge in [-0.15, -0.1) is 0 Å². The lowest BCUT2D eigenvalue weighted by atomic mass is 10.2. The molecule has 0 spiro atoms. The summed E-state index contributed by atoms with van der Waals surface area (Å²) in [6.07, 6.45) is 2.21. The molecule has 0 aromatic carbocycles. The van der Waals surface area contributed by atoms with Crippen LogP contribution in [-0.4, -0.2) is 39.6 Å². The maximum atomic E-state index is 11.4. The normalized spacial score (nSPS) is 17.1. The number of anilines is 1. The zero-order valence-electron chi connectivity index (χ0n) is 9.89. The van der Waals surface area contributed by atoms with Gasteiger partial charge in [-0.2, -0.15) is 0 Å². The van der Waals surface area contributed by atoms with Gasteiger partial charge in [-0.25, -0.2) is 0 Å². The summed E-state index contributed by atoms with van der Waals surface area (Å²) in [4.78, 5) is 17.8. The van der Waals surface area contributed by atoms with Crippen LogP contribution in [0.3, 0.4) is 0 Å². The third-order valence-corrected chi connectivity index (χ3v) is 4.17. The molecule has 1 aromatic rings. The van der Waals surface area contributed by atoms with Gasteiger partial charge in [-0.3, -0.25) is 14.0 Å². The Morgan fingerprint density at radius 1 is 1.41 bits per heavy atom. The van der Waals surface area contributed by atoms with Crippen molar-refractivity contribution in [3.8, 4) is 0 Å². The number of rotatable bonds is 3. The van der Waals surface area contributed by atoms with Crippen LogP contribution in [0.25, 0.3) is 0 Å². The Morgan fingerprint density at radius 2 is 2.12 bits per heavy atom. The maximum absolute atomic E-state index is 11.4. The molecule has 92 valence electrons. The van der Waals surface area contributed by atoms with Crippen LogP contribution in [0, 0.1) is 0 Å². The number of hydrogen-bond acceptors (Lipinski definition) is 4. The molecule has 4 nitrogen and oxygen atoms in total. The fraction of sp³-hybridized carbons (Fsp3) is 0.500. The van der Waals surface area contributed by atoms with E-state index in [2.05, 4.69) is 9.88 Å². The van der Waals surface area contributed by atoms with Gasteiger partial charge >= 0.3 is 0 Å². The highest BCUT2D eigenvalue weighted by molar-refractivity contribution is 7.85. The van der Waals surface area contributed by atoms with E-state index in [9.17, 15) is 9.00 Å². The lowest BCUT2D eigenvalue weighted by Crippen LogP contribution is -2.37. The van der Waals surface area contributed by atoms with Crippen molar-refractivity contribution in [3.05, 3.63) is 24.0 Å². The van der Waals surface area contributed by atoms with Gasteiger partial charge in [0.05, 0.1) is 11.9 Å². The van der Waals surface area contributed by atoms with Gasteiger partial charge in [-0.05, 0) is 12.1 Å². The van der Waals surface area contributed by atoms with E-state index in [0.29, 0.717) is 12.1 Å². The predicted octanol–water partition coefficient (Wildman–Crippen LogP) is 1.24. The Labute approximate surface area is 103 Å². The van der Waals surface area contributed by atoms with E-state index < -0.39 is 10.8 Å². The zero-order chi connectivity index (χ0) is 12.3. The lowest BCUT2D eigenvalue weighted by Gasteiger charge is -2.28. The Bertz CT molecular complexity index is 421. The van der Waals surface area contributed by atoms with Gasteiger partial charge < -0.3 is 4.90 Å². The minimum absolute atomic E-state index is 0.0660. The highest BCUT2D eigenvalue weighted by atomic mass is 32.2. The summed E-state index contributed by atoms with van der Waals surface area (Å²) in [5, 5.41) is 0. The minimum Gasteiger partial charge on any atom is -0.368 e. The first-order valence-corrected chi connectivity index (χ1v) is 7.28. The molecule has 0 atom stereocenters. The molecule has 1 aromatic heterocycles. The first-order valence-electron chi connectivity index (χ1n) is 5.80. The molecule has 2 heterocycles. The maximum Gasteiger partial charge on any atom is 0.180 e. The number of carbonyl (C=O) groups is 1. The summed E-state index contributed by atoms with van der Waals surface area (Å²) < 4.78 is 11.2. The molecule has 0 amide bonds. The molecule has 0 N–H and O–H groups in total. The third-order valence-electron chi connectivity index (χ3n) is 2.90. The minimum atomic E-state index is -0.664. The number of ketones is 1. The second kappa shape index (κ2) is 5.40. The van der Waals surface area contributed by atoms with E-state index in [1.54, 1.807) is 12.3 Å². The van der Waals surface area contributed by atoms with Crippen LogP contribution in [0.5, 0.6) is 0 Å². The Balaban J connectivity index is 2.07. The largest absolute Gasteiger partial charge is 0.368 e. The Hall–Kier alpha value is -1.23. The smallest absolute Gasteiger partial charge is 0.180 e. The predicted molar refractivity (Wildman–Crippen MR) is 68.9 cm³/mol. The fourth-order valence-electron chi connectivity index (χ4n) is 1.82. The SMILES string of the molecule is CCC(=O)c1ccc(N2CCS(=O)CC2)cn1. The van der Waals surface area contributed by atoms with Crippen LogP contribution in [0.15, 0.2) is 18.3 Å². The molecule has 5 heteroatoms. The summed E-state index contributed by atoms with van der Waals surface area (Å²) in [5.74, 6) is 1.50. The van der Waals surface area contributed by atoms with E-state index in [-0.39, 0.29) is 5.78 Å². The van der Waals surface area contributed by atoms with Gasteiger partial charge in [0, 0.05) is 41.8 Å². The second-order valence-electron chi connectivity index (χ2n) is 4.01. The van der Waals surface area contributed by atoms with Crippen molar-refractivity contribution >= 4 is 22.3 Å².